The second-order valence-corrected chi connectivity index (χ2v) is 8.94. The van der Waals surface area contributed by atoms with Crippen molar-refractivity contribution in [3.63, 3.8) is 0 Å². The molecule has 0 fully saturated rings. The molecule has 2 unspecified atom stereocenters. The van der Waals surface area contributed by atoms with Gasteiger partial charge in [-0.25, -0.2) is 0 Å². The van der Waals surface area contributed by atoms with Crippen LogP contribution in [0, 0.1) is 0 Å². The molecule has 1 heterocycles. The van der Waals surface area contributed by atoms with Gasteiger partial charge in [-0.3, -0.25) is 0 Å². The van der Waals surface area contributed by atoms with Gasteiger partial charge in [-0.05, 0) is 0 Å². The van der Waals surface area contributed by atoms with Crippen LogP contribution in [0.4, 0.5) is 0 Å². The topological polar surface area (TPSA) is 44.7 Å². The van der Waals surface area contributed by atoms with Gasteiger partial charge in [0.1, 0.15) is 0 Å². The quantitative estimate of drug-likeness (QED) is 0.601. The molecular weight excluding hydrogens is 526 g/mol. The molecule has 1 aliphatic rings. The van der Waals surface area contributed by atoms with Gasteiger partial charge < -0.3 is 0 Å². The van der Waals surface area contributed by atoms with Crippen molar-refractivity contribution in [2.45, 2.75) is 18.8 Å². The van der Waals surface area contributed by atoms with Gasteiger partial charge in [0.25, 0.3) is 0 Å². The Balaban J connectivity index is 1.91. The molecule has 1 N–H and O–H groups in total. The van der Waals surface area contributed by atoms with E-state index in [9.17, 15) is 4.79 Å². The second kappa shape index (κ2) is 7.87. The molecular formula is C19H19ClN3OTl. The summed E-state index contributed by atoms with van der Waals surface area (Å²) >= 11 is 6.71. The molecule has 0 aromatic heterocycles. The summed E-state index contributed by atoms with van der Waals surface area (Å²) in [6.07, 6.45) is 0. The number of nitrogens with zero attached hydrogens (tertiary/aromatic N) is 2. The molecule has 2 atom stereocenters. The zero-order valence-corrected chi connectivity index (χ0v) is 19.5. The van der Waals surface area contributed by atoms with Crippen LogP contribution in [0.15, 0.2) is 53.6 Å². The number of carbonyl (C=O) groups excluding carboxylic acids is 1. The van der Waals surface area contributed by atoms with Crippen LogP contribution in [0.1, 0.15) is 35.4 Å². The molecule has 1 aliphatic heterocycles. The van der Waals surface area contributed by atoms with Gasteiger partial charge in [-0.1, -0.05) is 11.6 Å². The number of carbonyl (C=O) groups is 1. The Morgan fingerprint density at radius 1 is 1.20 bits per heavy atom. The number of hydrazone groups is 1. The summed E-state index contributed by atoms with van der Waals surface area (Å²) in [7, 11) is 1.67. The van der Waals surface area contributed by atoms with Crippen LogP contribution >= 0.6 is 11.6 Å². The molecule has 0 saturated heterocycles. The van der Waals surface area contributed by atoms with E-state index in [2.05, 4.69) is 44.4 Å². The van der Waals surface area contributed by atoms with E-state index < -0.39 is 0 Å². The van der Waals surface area contributed by atoms with Crippen molar-refractivity contribution in [1.82, 2.24) is 8.14 Å². The first-order valence-corrected chi connectivity index (χ1v) is 10.5. The molecule has 126 valence electrons. The van der Waals surface area contributed by atoms with E-state index in [0.29, 0.717) is 10.9 Å². The monoisotopic (exact) mass is 545 g/mol. The SMILES string of the molecule is CNC(=O)C(c1ccc(Cl)cc1)c1ccc(C2C[N]([Tl])N=C2C)cc1. The first-order valence-electron chi connectivity index (χ1n) is 8.14. The van der Waals surface area contributed by atoms with Crippen LogP contribution in [0.3, 0.4) is 0 Å². The zero-order chi connectivity index (χ0) is 18.0. The molecule has 1 amide bonds. The van der Waals surface area contributed by atoms with Crippen molar-refractivity contribution >= 4 is 49.3 Å². The van der Waals surface area contributed by atoms with Crippen LogP contribution in [0.25, 0.3) is 0 Å². The summed E-state index contributed by atoms with van der Waals surface area (Å²) in [5.41, 5.74) is 4.32. The Labute approximate surface area is 169 Å². The summed E-state index contributed by atoms with van der Waals surface area (Å²) in [6.45, 7) is 3.05. The van der Waals surface area contributed by atoms with E-state index in [0.717, 1.165) is 49.4 Å². The molecule has 0 saturated carbocycles. The van der Waals surface area contributed by atoms with E-state index in [1.54, 1.807) is 7.05 Å². The second-order valence-electron chi connectivity index (χ2n) is 6.18. The first-order chi connectivity index (χ1) is 12.0. The fraction of sp³-hybridized carbons (Fsp3) is 0.263. The van der Waals surface area contributed by atoms with E-state index in [-0.39, 0.29) is 11.8 Å². The van der Waals surface area contributed by atoms with Gasteiger partial charge in [0.15, 0.2) is 0 Å². The van der Waals surface area contributed by atoms with Crippen LogP contribution in [-0.4, -0.2) is 54.1 Å². The standard InChI is InChI=1S/C19H19ClN3O.Tl/c1-12-17(11-22-23-12)13-3-5-14(6-4-13)18(19(24)21-2)15-7-9-16(20)10-8-15;/h3-10,17-18H,11H2,1-2H3,(H,21,24);/q-1;+1. The third-order valence-electron chi connectivity index (χ3n) is 4.54. The van der Waals surface area contributed by atoms with Crippen molar-refractivity contribution in [2.75, 3.05) is 13.6 Å². The summed E-state index contributed by atoms with van der Waals surface area (Å²) in [5, 5.41) is 7.98. The maximum atomic E-state index is 12.5. The van der Waals surface area contributed by atoms with Crippen LogP contribution in [0.2, 0.25) is 5.02 Å². The number of hydrogen-bond acceptors (Lipinski definition) is 3. The number of halogens is 1. The summed E-state index contributed by atoms with van der Waals surface area (Å²) in [6, 6.07) is 15.8. The molecule has 3 rings (SSSR count). The number of likely N-dealkylation sites (N-methyl/N-ethyl adjacent to an activating group) is 1. The zero-order valence-electron chi connectivity index (χ0n) is 14.2. The minimum atomic E-state index is -0.341. The van der Waals surface area contributed by atoms with Gasteiger partial charge >= 0.3 is 158 Å². The van der Waals surface area contributed by atoms with Crippen LogP contribution in [-0.2, 0) is 4.79 Å². The summed E-state index contributed by atoms with van der Waals surface area (Å²) in [4.78, 5) is 12.5. The van der Waals surface area contributed by atoms with Gasteiger partial charge in [0, 0.05) is 0 Å². The molecule has 4 nitrogen and oxygen atoms in total. The molecule has 0 spiro atoms. The van der Waals surface area contributed by atoms with E-state index in [1.807, 2.05) is 24.3 Å². The fourth-order valence-electron chi connectivity index (χ4n) is 3.19. The summed E-state index contributed by atoms with van der Waals surface area (Å²) < 4.78 is 2.13. The minimum absolute atomic E-state index is 0.0272. The Morgan fingerprint density at radius 2 is 1.76 bits per heavy atom. The summed E-state index contributed by atoms with van der Waals surface area (Å²) in [5.74, 6) is -0.0140. The van der Waals surface area contributed by atoms with E-state index in [1.165, 1.54) is 5.56 Å². The molecule has 6 heteroatoms. The predicted molar refractivity (Wildman–Crippen MR) is 102 cm³/mol. The Kier molecular flexibility index (Phi) is 5.78. The van der Waals surface area contributed by atoms with Gasteiger partial charge in [-0.2, -0.15) is 0 Å². The van der Waals surface area contributed by atoms with Crippen molar-refractivity contribution in [2.24, 2.45) is 5.10 Å². The average Bonchev–Trinajstić information content (AvgIpc) is 2.95. The number of amides is 1. The van der Waals surface area contributed by atoms with Crippen molar-refractivity contribution in [3.05, 3.63) is 70.2 Å². The first kappa shape index (κ1) is 18.4. The number of hydrogen-bond donors (Lipinski definition) is 1. The Morgan fingerprint density at radius 3 is 2.24 bits per heavy atom. The predicted octanol–water partition coefficient (Wildman–Crippen LogP) is 3.08. The Bertz CT molecular complexity index is 789. The van der Waals surface area contributed by atoms with Crippen LogP contribution < -0.4 is 5.32 Å². The van der Waals surface area contributed by atoms with Gasteiger partial charge in [0.2, 0.25) is 0 Å². The third kappa shape index (κ3) is 4.06. The van der Waals surface area contributed by atoms with Crippen molar-refractivity contribution in [1.29, 1.82) is 0 Å². The van der Waals surface area contributed by atoms with E-state index >= 15 is 0 Å². The molecule has 0 aliphatic carbocycles. The average molecular weight is 545 g/mol. The molecule has 0 bridgehead atoms. The van der Waals surface area contributed by atoms with Gasteiger partial charge in [-0.15, -0.1) is 0 Å². The van der Waals surface area contributed by atoms with Crippen molar-refractivity contribution < 1.29 is 4.79 Å². The maximum absolute atomic E-state index is 12.5. The fourth-order valence-corrected chi connectivity index (χ4v) is 4.85. The normalized spacial score (nSPS) is 17.9. The van der Waals surface area contributed by atoms with E-state index in [4.69, 9.17) is 11.6 Å². The Hall–Kier alpha value is -1.41. The molecule has 2 aromatic carbocycles. The van der Waals surface area contributed by atoms with Gasteiger partial charge in [0.05, 0.1) is 0 Å². The number of benzene rings is 2. The van der Waals surface area contributed by atoms with Crippen LogP contribution in [0.5, 0.6) is 0 Å². The molecule has 2 aromatic rings. The number of rotatable bonds is 4. The van der Waals surface area contributed by atoms with Crippen molar-refractivity contribution in [3.8, 4) is 0 Å². The number of nitrogens with one attached hydrogen (secondary N) is 1. The molecule has 0 radical (unpaired) electrons. The third-order valence-corrected chi connectivity index (χ3v) is 6.06. The molecule has 25 heavy (non-hydrogen) atoms.